The zero-order chi connectivity index (χ0) is 25.7. The number of alkyl halides is 3. The maximum Gasteiger partial charge on any atom is 0.416 e. The summed E-state index contributed by atoms with van der Waals surface area (Å²) >= 11 is 1.10. The Labute approximate surface area is 210 Å². The summed E-state index contributed by atoms with van der Waals surface area (Å²) in [4.78, 5) is 32.0. The molecule has 6 nitrogen and oxygen atoms in total. The van der Waals surface area contributed by atoms with Gasteiger partial charge in [0.2, 0.25) is 11.8 Å². The lowest BCUT2D eigenvalue weighted by Crippen LogP contribution is -2.44. The van der Waals surface area contributed by atoms with Gasteiger partial charge in [-0.25, -0.2) is 4.99 Å². The molecule has 0 spiro atoms. The molecule has 3 aromatic rings. The highest BCUT2D eigenvalue weighted by atomic mass is 32.2. The van der Waals surface area contributed by atoms with Crippen molar-refractivity contribution in [2.24, 2.45) is 4.99 Å². The van der Waals surface area contributed by atoms with Crippen LogP contribution in [0, 0.1) is 0 Å². The fourth-order valence-electron chi connectivity index (χ4n) is 3.50. The highest BCUT2D eigenvalue weighted by molar-refractivity contribution is 8.15. The van der Waals surface area contributed by atoms with E-state index in [2.05, 4.69) is 10.3 Å². The number of halogens is 3. The maximum absolute atomic E-state index is 13.1. The largest absolute Gasteiger partial charge is 0.497 e. The molecule has 0 bridgehead atoms. The fraction of sp³-hybridized carbons (Fsp3) is 0.192. The first-order valence-electron chi connectivity index (χ1n) is 10.9. The van der Waals surface area contributed by atoms with Crippen molar-refractivity contribution in [3.63, 3.8) is 0 Å². The molecule has 1 aliphatic heterocycles. The number of ether oxygens (including phenoxy) is 1. The third kappa shape index (κ3) is 6.25. The standard InChI is InChI=1S/C26H22F3N3O3S/c1-35-21-13-11-19(12-14-21)30-24(34)22-15-23(33)32(16-17-5-3-2-4-6-17)25(36-22)31-20-9-7-18(8-10-20)26(27,28)29/h2-14,22H,15-16H2,1H3,(H,30,34)/t22-/m0/s1. The van der Waals surface area contributed by atoms with Gasteiger partial charge >= 0.3 is 6.18 Å². The Morgan fingerprint density at radius 3 is 2.33 bits per heavy atom. The summed E-state index contributed by atoms with van der Waals surface area (Å²) in [5, 5.41) is 2.27. The number of carbonyl (C=O) groups is 2. The molecule has 0 unspecified atom stereocenters. The minimum Gasteiger partial charge on any atom is -0.497 e. The average molecular weight is 514 g/mol. The van der Waals surface area contributed by atoms with E-state index in [1.54, 1.807) is 24.3 Å². The average Bonchev–Trinajstić information content (AvgIpc) is 2.87. The molecular formula is C26H22F3N3O3S. The van der Waals surface area contributed by atoms with Gasteiger partial charge < -0.3 is 10.1 Å². The summed E-state index contributed by atoms with van der Waals surface area (Å²) in [6.07, 6.45) is -4.52. The number of rotatable bonds is 6. The van der Waals surface area contributed by atoms with E-state index in [1.165, 1.54) is 24.1 Å². The van der Waals surface area contributed by atoms with E-state index in [9.17, 15) is 22.8 Å². The van der Waals surface area contributed by atoms with Crippen molar-refractivity contribution in [2.75, 3.05) is 12.4 Å². The Balaban J connectivity index is 1.59. The molecule has 1 fully saturated rings. The number of thioether (sulfide) groups is 1. The van der Waals surface area contributed by atoms with Crippen LogP contribution in [-0.4, -0.2) is 34.2 Å². The first-order valence-corrected chi connectivity index (χ1v) is 11.8. The summed E-state index contributed by atoms with van der Waals surface area (Å²) in [5.41, 5.74) is 0.846. The summed E-state index contributed by atoms with van der Waals surface area (Å²) in [7, 11) is 1.54. The van der Waals surface area contributed by atoms with Crippen LogP contribution in [0.1, 0.15) is 17.5 Å². The van der Waals surface area contributed by atoms with Crippen LogP contribution in [0.4, 0.5) is 24.5 Å². The van der Waals surface area contributed by atoms with E-state index in [-0.39, 0.29) is 35.6 Å². The topological polar surface area (TPSA) is 71.0 Å². The molecule has 2 amide bonds. The van der Waals surface area contributed by atoms with Gasteiger partial charge in [0.15, 0.2) is 5.17 Å². The van der Waals surface area contributed by atoms with Crippen LogP contribution in [0.15, 0.2) is 83.9 Å². The zero-order valence-corrected chi connectivity index (χ0v) is 20.0. The molecule has 1 N–H and O–H groups in total. The van der Waals surface area contributed by atoms with Gasteiger partial charge in [-0.15, -0.1) is 0 Å². The molecule has 3 aromatic carbocycles. The quantitative estimate of drug-likeness (QED) is 0.447. The number of methoxy groups -OCH3 is 1. The molecule has 1 atom stereocenters. The highest BCUT2D eigenvalue weighted by Gasteiger charge is 2.36. The predicted octanol–water partition coefficient (Wildman–Crippen LogP) is 5.87. The number of nitrogens with one attached hydrogen (secondary N) is 1. The number of hydrogen-bond acceptors (Lipinski definition) is 5. The number of aliphatic imine (C=N–C) groups is 1. The van der Waals surface area contributed by atoms with Crippen LogP contribution in [0.3, 0.4) is 0 Å². The normalized spacial score (nSPS) is 17.2. The first kappa shape index (κ1) is 25.3. The molecule has 1 saturated heterocycles. The van der Waals surface area contributed by atoms with Crippen LogP contribution in [0.5, 0.6) is 5.75 Å². The first-order chi connectivity index (χ1) is 17.2. The third-order valence-electron chi connectivity index (χ3n) is 5.39. The van der Waals surface area contributed by atoms with E-state index in [0.29, 0.717) is 11.4 Å². The smallest absolute Gasteiger partial charge is 0.416 e. The molecule has 0 aliphatic carbocycles. The SMILES string of the molecule is COc1ccc(NC(=O)[C@@H]2CC(=O)N(Cc3ccccc3)C(=Nc3ccc(C(F)(F)F)cc3)S2)cc1. The molecule has 10 heteroatoms. The van der Waals surface area contributed by atoms with Crippen LogP contribution in [0.25, 0.3) is 0 Å². The number of carbonyl (C=O) groups excluding carboxylic acids is 2. The summed E-state index contributed by atoms with van der Waals surface area (Å²) in [6, 6.07) is 20.4. The molecule has 0 aromatic heterocycles. The van der Waals surface area contributed by atoms with Gasteiger partial charge in [-0.2, -0.15) is 13.2 Å². The highest BCUT2D eigenvalue weighted by Crippen LogP contribution is 2.33. The van der Waals surface area contributed by atoms with Gasteiger partial charge in [0.05, 0.1) is 24.9 Å². The lowest BCUT2D eigenvalue weighted by molar-refractivity contribution is -0.137. The Bertz CT molecular complexity index is 1250. The molecule has 1 heterocycles. The van der Waals surface area contributed by atoms with Gasteiger partial charge in [-0.05, 0) is 54.1 Å². The molecule has 1 aliphatic rings. The predicted molar refractivity (Wildman–Crippen MR) is 133 cm³/mol. The second-order valence-electron chi connectivity index (χ2n) is 7.93. The van der Waals surface area contributed by atoms with Crippen LogP contribution in [-0.2, 0) is 22.3 Å². The van der Waals surface area contributed by atoms with Crippen molar-refractivity contribution in [3.05, 3.63) is 90.0 Å². The van der Waals surface area contributed by atoms with Crippen molar-refractivity contribution in [2.45, 2.75) is 24.4 Å². The maximum atomic E-state index is 13.1. The van der Waals surface area contributed by atoms with Gasteiger partial charge in [0, 0.05) is 12.1 Å². The Morgan fingerprint density at radius 1 is 1.06 bits per heavy atom. The van der Waals surface area contributed by atoms with Crippen LogP contribution >= 0.6 is 11.8 Å². The minimum atomic E-state index is -4.47. The van der Waals surface area contributed by atoms with Crippen LogP contribution in [0.2, 0.25) is 0 Å². The number of amides is 2. The lowest BCUT2D eigenvalue weighted by atomic mass is 10.2. The van der Waals surface area contributed by atoms with Crippen molar-refractivity contribution in [1.29, 1.82) is 0 Å². The number of benzene rings is 3. The second-order valence-corrected chi connectivity index (χ2v) is 9.10. The van der Waals surface area contributed by atoms with Gasteiger partial charge in [0.1, 0.15) is 11.0 Å². The van der Waals surface area contributed by atoms with Crippen molar-refractivity contribution < 1.29 is 27.5 Å². The van der Waals surface area contributed by atoms with E-state index < -0.39 is 17.0 Å². The molecule has 4 rings (SSSR count). The Kier molecular flexibility index (Phi) is 7.64. The van der Waals surface area contributed by atoms with Gasteiger partial charge in [0.25, 0.3) is 0 Å². The number of hydrogen-bond donors (Lipinski definition) is 1. The second kappa shape index (κ2) is 10.9. The van der Waals surface area contributed by atoms with Crippen molar-refractivity contribution in [3.8, 4) is 5.75 Å². The lowest BCUT2D eigenvalue weighted by Gasteiger charge is -2.32. The number of anilines is 1. The zero-order valence-electron chi connectivity index (χ0n) is 19.2. The van der Waals surface area contributed by atoms with Crippen molar-refractivity contribution >= 4 is 40.1 Å². The minimum absolute atomic E-state index is 0.0501. The van der Waals surface area contributed by atoms with Crippen LogP contribution < -0.4 is 10.1 Å². The monoisotopic (exact) mass is 513 g/mol. The number of amidine groups is 1. The third-order valence-corrected chi connectivity index (χ3v) is 6.58. The summed E-state index contributed by atoms with van der Waals surface area (Å²) in [5.74, 6) is -0.0473. The van der Waals surface area contributed by atoms with E-state index in [4.69, 9.17) is 4.74 Å². The summed E-state index contributed by atoms with van der Waals surface area (Å²) in [6.45, 7) is 0.221. The fourth-order valence-corrected chi connectivity index (χ4v) is 4.59. The van der Waals surface area contributed by atoms with Crippen molar-refractivity contribution in [1.82, 2.24) is 4.90 Å². The molecule has 186 valence electrons. The number of nitrogens with zero attached hydrogens (tertiary/aromatic N) is 2. The Hall–Kier alpha value is -3.79. The van der Waals surface area contributed by atoms with Gasteiger partial charge in [-0.1, -0.05) is 42.1 Å². The molecule has 36 heavy (non-hydrogen) atoms. The molecule has 0 saturated carbocycles. The molecule has 0 radical (unpaired) electrons. The molecular weight excluding hydrogens is 491 g/mol. The van der Waals surface area contributed by atoms with Gasteiger partial charge in [-0.3, -0.25) is 14.5 Å². The van der Waals surface area contributed by atoms with E-state index in [1.807, 2.05) is 30.3 Å². The van der Waals surface area contributed by atoms with E-state index >= 15 is 0 Å². The van der Waals surface area contributed by atoms with E-state index in [0.717, 1.165) is 29.5 Å². The Morgan fingerprint density at radius 2 is 1.72 bits per heavy atom. The summed E-state index contributed by atoms with van der Waals surface area (Å²) < 4.78 is 44.0.